The molecule has 0 radical (unpaired) electrons. The fourth-order valence-electron chi connectivity index (χ4n) is 2.47. The number of rotatable bonds is 4. The molecule has 0 aromatic heterocycles. The van der Waals surface area contributed by atoms with Crippen molar-refractivity contribution in [1.82, 2.24) is 15.1 Å². The quantitative estimate of drug-likeness (QED) is 0.857. The number of nitrogens with two attached hydrogens (primary N) is 1. The van der Waals surface area contributed by atoms with Crippen LogP contribution in [-0.4, -0.2) is 55.1 Å². The van der Waals surface area contributed by atoms with Gasteiger partial charge in [0.05, 0.1) is 0 Å². The Bertz CT molecular complexity index is 410. The maximum Gasteiger partial charge on any atom is 0.317 e. The molecule has 1 saturated heterocycles. The molecule has 0 unspecified atom stereocenters. The molecule has 1 fully saturated rings. The average Bonchev–Trinajstić information content (AvgIpc) is 2.72. The highest BCUT2D eigenvalue weighted by molar-refractivity contribution is 5.74. The predicted octanol–water partition coefficient (Wildman–Crippen LogP) is 0.863. The summed E-state index contributed by atoms with van der Waals surface area (Å²) in [4.78, 5) is 16.4. The molecule has 1 aliphatic heterocycles. The zero-order chi connectivity index (χ0) is 14.2. The molecule has 1 aliphatic rings. The zero-order valence-corrected chi connectivity index (χ0v) is 11.9. The lowest BCUT2D eigenvalue weighted by Crippen LogP contribution is -2.42. The van der Waals surface area contributed by atoms with Crippen molar-refractivity contribution in [3.63, 3.8) is 0 Å². The summed E-state index contributed by atoms with van der Waals surface area (Å²) < 4.78 is 0. The zero-order valence-electron chi connectivity index (χ0n) is 11.9. The van der Waals surface area contributed by atoms with Crippen LogP contribution in [0.15, 0.2) is 30.3 Å². The number of nitrogens with one attached hydrogen (secondary N) is 1. The van der Waals surface area contributed by atoms with Crippen LogP contribution in [0, 0.1) is 0 Å². The van der Waals surface area contributed by atoms with Crippen LogP contribution in [0.4, 0.5) is 4.79 Å². The van der Waals surface area contributed by atoms with Crippen molar-refractivity contribution in [2.45, 2.75) is 13.0 Å². The summed E-state index contributed by atoms with van der Waals surface area (Å²) in [5.74, 6) is 0. The summed E-state index contributed by atoms with van der Waals surface area (Å²) in [6.07, 6.45) is 1.01. The Labute approximate surface area is 120 Å². The van der Waals surface area contributed by atoms with Gasteiger partial charge in [0, 0.05) is 39.3 Å². The van der Waals surface area contributed by atoms with E-state index in [2.05, 4.69) is 10.2 Å². The standard InChI is InChI=1S/C15H24N4O/c16-7-10-18-8-4-9-19(12-11-18)15(20)17-13-14-5-2-1-3-6-14/h1-3,5-6H,4,7-13,16H2,(H,17,20). The monoisotopic (exact) mass is 276 g/mol. The van der Waals surface area contributed by atoms with Crippen molar-refractivity contribution in [3.05, 3.63) is 35.9 Å². The third kappa shape index (κ3) is 4.51. The molecule has 2 rings (SSSR count). The highest BCUT2D eigenvalue weighted by Crippen LogP contribution is 2.04. The van der Waals surface area contributed by atoms with Gasteiger partial charge in [0.2, 0.25) is 0 Å². The lowest BCUT2D eigenvalue weighted by molar-refractivity contribution is 0.198. The minimum Gasteiger partial charge on any atom is -0.334 e. The Morgan fingerprint density at radius 3 is 2.70 bits per heavy atom. The number of urea groups is 1. The minimum absolute atomic E-state index is 0.0310. The predicted molar refractivity (Wildman–Crippen MR) is 80.4 cm³/mol. The summed E-state index contributed by atoms with van der Waals surface area (Å²) >= 11 is 0. The minimum atomic E-state index is 0.0310. The summed E-state index contributed by atoms with van der Waals surface area (Å²) in [5.41, 5.74) is 6.71. The maximum atomic E-state index is 12.2. The first-order chi connectivity index (χ1) is 9.79. The smallest absolute Gasteiger partial charge is 0.317 e. The molecule has 20 heavy (non-hydrogen) atoms. The third-order valence-corrected chi connectivity index (χ3v) is 3.61. The Kier molecular flexibility index (Phi) is 5.83. The topological polar surface area (TPSA) is 61.6 Å². The third-order valence-electron chi connectivity index (χ3n) is 3.61. The summed E-state index contributed by atoms with van der Waals surface area (Å²) in [6, 6.07) is 10.0. The van der Waals surface area contributed by atoms with Crippen molar-refractivity contribution in [2.75, 3.05) is 39.3 Å². The first-order valence-corrected chi connectivity index (χ1v) is 7.28. The second kappa shape index (κ2) is 7.87. The molecule has 110 valence electrons. The first kappa shape index (κ1) is 14.8. The molecule has 0 spiro atoms. The number of amides is 2. The molecular weight excluding hydrogens is 252 g/mol. The molecule has 3 N–H and O–H groups in total. The lowest BCUT2D eigenvalue weighted by atomic mass is 10.2. The number of benzene rings is 1. The van der Waals surface area contributed by atoms with Crippen LogP contribution in [0.5, 0.6) is 0 Å². The van der Waals surface area contributed by atoms with E-state index in [1.165, 1.54) is 0 Å². The van der Waals surface area contributed by atoms with Crippen LogP contribution >= 0.6 is 0 Å². The summed E-state index contributed by atoms with van der Waals surface area (Å²) in [7, 11) is 0. The van der Waals surface area contributed by atoms with Crippen LogP contribution < -0.4 is 11.1 Å². The van der Waals surface area contributed by atoms with Crippen LogP contribution in [0.25, 0.3) is 0 Å². The molecule has 1 aromatic carbocycles. The average molecular weight is 276 g/mol. The number of hydrogen-bond donors (Lipinski definition) is 2. The van der Waals surface area contributed by atoms with E-state index >= 15 is 0 Å². The normalized spacial score (nSPS) is 16.8. The molecular formula is C15H24N4O. The van der Waals surface area contributed by atoms with E-state index < -0.39 is 0 Å². The van der Waals surface area contributed by atoms with Gasteiger partial charge < -0.3 is 20.9 Å². The number of nitrogens with zero attached hydrogens (tertiary/aromatic N) is 2. The summed E-state index contributed by atoms with van der Waals surface area (Å²) in [6.45, 7) is 5.72. The fraction of sp³-hybridized carbons (Fsp3) is 0.533. The van der Waals surface area contributed by atoms with Gasteiger partial charge in [0.25, 0.3) is 0 Å². The van der Waals surface area contributed by atoms with Gasteiger partial charge in [0.15, 0.2) is 0 Å². The molecule has 2 amide bonds. The van der Waals surface area contributed by atoms with Crippen LogP contribution in [0.3, 0.4) is 0 Å². The second-order valence-corrected chi connectivity index (χ2v) is 5.12. The van der Waals surface area contributed by atoms with E-state index in [0.717, 1.165) is 44.7 Å². The second-order valence-electron chi connectivity index (χ2n) is 5.12. The molecule has 0 saturated carbocycles. The first-order valence-electron chi connectivity index (χ1n) is 7.28. The van der Waals surface area contributed by atoms with Gasteiger partial charge >= 0.3 is 6.03 Å². The van der Waals surface area contributed by atoms with Crippen LogP contribution in [0.2, 0.25) is 0 Å². The summed E-state index contributed by atoms with van der Waals surface area (Å²) in [5, 5.41) is 2.99. The van der Waals surface area contributed by atoms with Gasteiger partial charge in [-0.1, -0.05) is 30.3 Å². The Balaban J connectivity index is 1.77. The van der Waals surface area contributed by atoms with E-state index in [0.29, 0.717) is 13.1 Å². The largest absolute Gasteiger partial charge is 0.334 e. The van der Waals surface area contributed by atoms with Gasteiger partial charge in [-0.3, -0.25) is 0 Å². The molecule has 1 heterocycles. The molecule has 0 atom stereocenters. The van der Waals surface area contributed by atoms with E-state index in [9.17, 15) is 4.79 Å². The molecule has 0 aliphatic carbocycles. The molecule has 5 nitrogen and oxygen atoms in total. The number of hydrogen-bond acceptors (Lipinski definition) is 3. The van der Waals surface area contributed by atoms with E-state index in [4.69, 9.17) is 5.73 Å². The van der Waals surface area contributed by atoms with Crippen molar-refractivity contribution < 1.29 is 4.79 Å². The highest BCUT2D eigenvalue weighted by atomic mass is 16.2. The van der Waals surface area contributed by atoms with Gasteiger partial charge in [-0.05, 0) is 18.5 Å². The van der Waals surface area contributed by atoms with E-state index in [-0.39, 0.29) is 6.03 Å². The van der Waals surface area contributed by atoms with Crippen molar-refractivity contribution in [2.24, 2.45) is 5.73 Å². The van der Waals surface area contributed by atoms with Gasteiger partial charge in [-0.25, -0.2) is 4.79 Å². The van der Waals surface area contributed by atoms with Crippen molar-refractivity contribution in [3.8, 4) is 0 Å². The lowest BCUT2D eigenvalue weighted by Gasteiger charge is -2.22. The van der Waals surface area contributed by atoms with Crippen molar-refractivity contribution >= 4 is 6.03 Å². The maximum absolute atomic E-state index is 12.2. The van der Waals surface area contributed by atoms with Crippen LogP contribution in [-0.2, 0) is 6.54 Å². The molecule has 0 bridgehead atoms. The van der Waals surface area contributed by atoms with Crippen LogP contribution in [0.1, 0.15) is 12.0 Å². The van der Waals surface area contributed by atoms with Crippen molar-refractivity contribution in [1.29, 1.82) is 0 Å². The van der Waals surface area contributed by atoms with Gasteiger partial charge in [-0.2, -0.15) is 0 Å². The van der Waals surface area contributed by atoms with E-state index in [1.807, 2.05) is 35.2 Å². The Morgan fingerprint density at radius 2 is 1.95 bits per heavy atom. The van der Waals surface area contributed by atoms with Gasteiger partial charge in [0.1, 0.15) is 0 Å². The fourth-order valence-corrected chi connectivity index (χ4v) is 2.47. The number of carbonyl (C=O) groups excluding carboxylic acids is 1. The Morgan fingerprint density at radius 1 is 1.15 bits per heavy atom. The highest BCUT2D eigenvalue weighted by Gasteiger charge is 2.18. The Hall–Kier alpha value is -1.59. The van der Waals surface area contributed by atoms with Gasteiger partial charge in [-0.15, -0.1) is 0 Å². The molecule has 1 aromatic rings. The van der Waals surface area contributed by atoms with E-state index in [1.54, 1.807) is 0 Å². The number of carbonyl (C=O) groups is 1. The molecule has 5 heteroatoms. The SMILES string of the molecule is NCCN1CCCN(C(=O)NCc2ccccc2)CC1.